The van der Waals surface area contributed by atoms with E-state index in [9.17, 15) is 19.8 Å². The first-order valence-corrected chi connectivity index (χ1v) is 53.3. The van der Waals surface area contributed by atoms with E-state index in [1.54, 1.807) is 38.4 Å². The minimum absolute atomic E-state index is 0. The van der Waals surface area contributed by atoms with Crippen LogP contribution in [0.1, 0.15) is 88.8 Å². The third kappa shape index (κ3) is 40.7. The van der Waals surface area contributed by atoms with Gasteiger partial charge < -0.3 is 40.6 Å². The Hall–Kier alpha value is -9.46. The number of benzene rings is 16. The Kier molecular flexibility index (Phi) is 55.1. The van der Waals surface area contributed by atoms with Crippen LogP contribution in [0.15, 0.2) is 526 Å². The van der Waals surface area contributed by atoms with Crippen LogP contribution in [0, 0.1) is 0 Å². The number of hydrogen-bond donors (Lipinski definition) is 2. The molecule has 22 heteroatoms. The van der Waals surface area contributed by atoms with E-state index < -0.39 is 49.9 Å². The second-order valence-electron chi connectivity index (χ2n) is 33.5. The first-order chi connectivity index (χ1) is 70.3. The van der Waals surface area contributed by atoms with E-state index in [0.29, 0.717) is 11.4 Å². The fraction of sp³-hybridized carbons (Fsp3) is 0.0960. The van der Waals surface area contributed by atoms with Crippen LogP contribution in [0.5, 0.6) is 0 Å². The van der Waals surface area contributed by atoms with Crippen LogP contribution in [-0.4, -0.2) is 56.9 Å². The standard InChI is InChI=1S/C23H21NO3.4C18H15P.C15H12BrNO2.C14H21BO3.CH2O3.2Cs.Pd.H/c1-17(25)19-8-5-9-20(14-19)21-10-11-22(24-15-21)12-13-23(26)27-16-18-6-3-2-4-7-18;4*1-4-10-16(11-5-1)19(17-12-6-2-7-13-17)18-14-8-3-9-15-18;16-13-6-7-14(17-10-13)8-9-15(18)19-11-12-4-2-1-3-5-12;1-10(16)11-7-6-8-12(9-11)15-17-13(2,3)14(4,5)18-15;2-1-4-3;;;;/h2-15,17,25H,16H2,1H3;4*1-15H;1-10H,11H2;6-10,16H,1-5H3;1,3H;;;;/q;;;;;;;;2*+1;;-1/p-1/b13-12+;;;;;9-8+;;;;;;/t17-;;;;;;10-;;;;;/m1.....1...../s1. The van der Waals surface area contributed by atoms with Gasteiger partial charge in [-0.25, -0.2) is 9.59 Å². The number of aliphatic hydroxyl groups excluding tert-OH is 2. The van der Waals surface area contributed by atoms with Gasteiger partial charge in [0.2, 0.25) is 0 Å². The number of aliphatic hydroxyl groups is 2. The van der Waals surface area contributed by atoms with Crippen molar-refractivity contribution in [3.05, 3.63) is 560 Å². The molecular formula is C125H116BBrCs2N2O11P4Pd. The molecule has 19 rings (SSSR count). The van der Waals surface area contributed by atoms with Gasteiger partial charge in [-0.05, 0) is 223 Å². The predicted octanol–water partition coefficient (Wildman–Crippen LogP) is 16.5. The van der Waals surface area contributed by atoms with Gasteiger partial charge in [-0.15, -0.1) is 0 Å². The van der Waals surface area contributed by atoms with E-state index >= 15 is 0 Å². The molecule has 1 aliphatic rings. The molecule has 3 heterocycles. The van der Waals surface area contributed by atoms with Gasteiger partial charge >= 0.3 is 157 Å². The fourth-order valence-electron chi connectivity index (χ4n) is 14.7. The largest absolute Gasteiger partial charge is 1.00 e. The van der Waals surface area contributed by atoms with Gasteiger partial charge in [0.15, 0.2) is 0 Å². The topological polar surface area (TPSA) is 187 Å². The first-order valence-electron chi connectivity index (χ1n) is 47.1. The smallest absolute Gasteiger partial charge is 1.00 e. The number of hydrogen-bond acceptors (Lipinski definition) is 13. The van der Waals surface area contributed by atoms with E-state index in [1.165, 1.54) is 75.8 Å². The molecule has 147 heavy (non-hydrogen) atoms. The van der Waals surface area contributed by atoms with E-state index in [-0.39, 0.29) is 204 Å². The molecule has 734 valence electrons. The molecule has 0 spiro atoms. The maximum Gasteiger partial charge on any atom is 1.00 e. The van der Waals surface area contributed by atoms with Gasteiger partial charge in [-0.1, -0.05) is 473 Å². The second-order valence-corrected chi connectivity index (χ2v) is 43.3. The average Bonchev–Trinajstić information content (AvgIpc) is 1.61. The molecule has 1 saturated heterocycles. The zero-order valence-corrected chi connectivity index (χ0v) is 103. The van der Waals surface area contributed by atoms with Crippen molar-refractivity contribution in [3.63, 3.8) is 0 Å². The molecule has 13 nitrogen and oxygen atoms in total. The molecular weight excluding hydrogens is 2290 g/mol. The molecule has 1 aliphatic heterocycles. The van der Waals surface area contributed by atoms with E-state index in [1.807, 2.05) is 161 Å². The molecule has 0 aliphatic carbocycles. The number of nitrogens with zero attached hydrogens (tertiary/aromatic N) is 2. The Morgan fingerprint density at radius 3 is 0.816 bits per heavy atom. The van der Waals surface area contributed by atoms with Crippen molar-refractivity contribution in [2.24, 2.45) is 0 Å². The van der Waals surface area contributed by atoms with Crippen LogP contribution >= 0.6 is 47.6 Å². The monoisotopic (exact) mass is 2410 g/mol. The van der Waals surface area contributed by atoms with Crippen molar-refractivity contribution in [1.82, 2.24) is 9.97 Å². The Balaban J connectivity index is 0.000000209. The number of pyridine rings is 2. The van der Waals surface area contributed by atoms with E-state index in [2.05, 4.69) is 395 Å². The van der Waals surface area contributed by atoms with Gasteiger partial charge in [-0.3, -0.25) is 14.8 Å². The Bertz CT molecular complexity index is 5960. The fourth-order valence-corrected chi connectivity index (χ4v) is 24.1. The van der Waals surface area contributed by atoms with Crippen LogP contribution in [0.2, 0.25) is 0 Å². The summed E-state index contributed by atoms with van der Waals surface area (Å²) >= 11 is 3.30. The molecule has 0 bridgehead atoms. The summed E-state index contributed by atoms with van der Waals surface area (Å²) in [5.74, 6) is -0.789. The summed E-state index contributed by atoms with van der Waals surface area (Å²) in [6.07, 6.45) is 8.43. The average molecular weight is 2410 g/mol. The molecule has 18 aromatic rings. The van der Waals surface area contributed by atoms with Crippen LogP contribution < -0.4 is 212 Å². The van der Waals surface area contributed by atoms with Crippen molar-refractivity contribution in [1.29, 1.82) is 0 Å². The number of esters is 2. The number of carbonyl (C=O) groups excluding carboxylic acids is 3. The molecule has 2 atom stereocenters. The van der Waals surface area contributed by atoms with Crippen LogP contribution in [0.4, 0.5) is 0 Å². The number of halogens is 1. The number of ether oxygens (including phenoxy) is 2. The zero-order chi connectivity index (χ0) is 101. The summed E-state index contributed by atoms with van der Waals surface area (Å²) in [6, 6.07) is 171. The van der Waals surface area contributed by atoms with Gasteiger partial charge in [0.25, 0.3) is 6.47 Å². The van der Waals surface area contributed by atoms with Gasteiger partial charge in [-0.2, -0.15) is 0 Å². The molecule has 0 amide bonds. The van der Waals surface area contributed by atoms with Crippen molar-refractivity contribution in [2.45, 2.75) is 78.2 Å². The number of rotatable bonds is 25. The molecule has 2 N–H and O–H groups in total. The number of aromatic nitrogens is 2. The summed E-state index contributed by atoms with van der Waals surface area (Å²) in [5.41, 5.74) is 7.23. The van der Waals surface area contributed by atoms with Gasteiger partial charge in [0.05, 0.1) is 34.8 Å². The molecule has 1 fully saturated rings. The summed E-state index contributed by atoms with van der Waals surface area (Å²) in [5, 5.41) is 44.5. The molecule has 16 aromatic carbocycles. The van der Waals surface area contributed by atoms with Crippen molar-refractivity contribution in [2.75, 3.05) is 0 Å². The van der Waals surface area contributed by atoms with Gasteiger partial charge in [0, 0.05) is 55.0 Å². The predicted molar refractivity (Wildman–Crippen MR) is 604 cm³/mol. The quantitative estimate of drug-likeness (QED) is 0.0105. The maximum absolute atomic E-state index is 11.8. The van der Waals surface area contributed by atoms with E-state index in [4.69, 9.17) is 28.8 Å². The Labute approximate surface area is 1010 Å². The normalized spacial score (nSPS) is 12.0. The van der Waals surface area contributed by atoms with Crippen LogP contribution in [-0.2, 0) is 71.7 Å². The third-order valence-electron chi connectivity index (χ3n) is 22.6. The molecule has 2 aromatic heterocycles. The summed E-state index contributed by atoms with van der Waals surface area (Å²) in [4.78, 5) is 43.1. The number of carbonyl (C=O) groups is 3. The molecule has 0 saturated carbocycles. The van der Waals surface area contributed by atoms with E-state index in [0.717, 1.165) is 43.3 Å². The van der Waals surface area contributed by atoms with Crippen LogP contribution in [0.3, 0.4) is 0 Å². The maximum atomic E-state index is 11.8. The van der Waals surface area contributed by atoms with Crippen molar-refractivity contribution >= 4 is 154 Å². The van der Waals surface area contributed by atoms with Crippen LogP contribution in [0.25, 0.3) is 23.3 Å². The Morgan fingerprint density at radius 1 is 0.347 bits per heavy atom. The summed E-state index contributed by atoms with van der Waals surface area (Å²) < 4.78 is 23.2. The molecule has 0 radical (unpaired) electrons. The zero-order valence-electron chi connectivity index (χ0n) is 84.5. The van der Waals surface area contributed by atoms with Gasteiger partial charge in [0.1, 0.15) is 13.2 Å². The summed E-state index contributed by atoms with van der Waals surface area (Å²) in [6.45, 7) is 12.0. The second kappa shape index (κ2) is 67.0. The summed E-state index contributed by atoms with van der Waals surface area (Å²) in [7, 11) is -2.15. The SMILES string of the molecule is C[C@@H](O)c1cccc(-c2ccc(/C=C/C(=O)OCc3ccccc3)nc2)c1.C[C@@H](O)c1cccc(B2OC(C)(C)C(C)(C)O2)c1.O=C(/C=C/c1ccc(Br)cn1)OCc1ccccc1.O=CO[O-].[Cs+].[Cs+].[H-].[Pd].c1ccc(P(c2ccccc2)c2ccccc2)cc1.c1ccc(P(c2ccccc2)c2ccccc2)cc1.c1ccc(P(c2ccccc2)c2ccccc2)cc1.c1ccc(P(c2ccccc2)c2ccccc2)cc1. The molecule has 0 unspecified atom stereocenters. The van der Waals surface area contributed by atoms with Crippen molar-refractivity contribution < 1.29 is 213 Å². The van der Waals surface area contributed by atoms with Crippen molar-refractivity contribution in [3.8, 4) is 11.1 Å². The Morgan fingerprint density at radius 2 is 0.585 bits per heavy atom. The third-order valence-corrected chi connectivity index (χ3v) is 32.8. The minimum Gasteiger partial charge on any atom is -1.00 e. The minimum atomic E-state index is -0.512. The first kappa shape index (κ1) is 121.